The van der Waals surface area contributed by atoms with Crippen LogP contribution in [0.3, 0.4) is 0 Å². The maximum atomic E-state index is 5.87. The Kier molecular flexibility index (Phi) is 4.26. The fourth-order valence-electron chi connectivity index (χ4n) is 2.75. The lowest BCUT2D eigenvalue weighted by molar-refractivity contribution is 0.949. The van der Waals surface area contributed by atoms with Gasteiger partial charge in [-0.15, -0.1) is 0 Å². The van der Waals surface area contributed by atoms with Crippen molar-refractivity contribution in [3.8, 4) is 0 Å². The Balaban J connectivity index is 1.77. The Labute approximate surface area is 131 Å². The van der Waals surface area contributed by atoms with Gasteiger partial charge in [-0.3, -0.25) is 4.99 Å². The van der Waals surface area contributed by atoms with Gasteiger partial charge in [0.25, 0.3) is 0 Å². The van der Waals surface area contributed by atoms with Crippen LogP contribution in [-0.2, 0) is 0 Å². The molecule has 1 aliphatic heterocycles. The molecular formula is C18H19ClN2. The predicted octanol–water partition coefficient (Wildman–Crippen LogP) is 5.00. The summed E-state index contributed by atoms with van der Waals surface area (Å²) >= 11 is 5.87. The van der Waals surface area contributed by atoms with E-state index in [1.54, 1.807) is 0 Å². The second kappa shape index (κ2) is 6.31. The number of halogens is 1. The summed E-state index contributed by atoms with van der Waals surface area (Å²) in [6.45, 7) is 4.53. The first-order chi connectivity index (χ1) is 10.2. The van der Waals surface area contributed by atoms with Gasteiger partial charge < -0.3 is 4.90 Å². The molecule has 1 heterocycles. The first-order valence-corrected chi connectivity index (χ1v) is 7.75. The number of hydrogen-bond donors (Lipinski definition) is 0. The number of rotatable bonds is 3. The number of aliphatic imine (C=N–C) groups is 1. The number of anilines is 1. The van der Waals surface area contributed by atoms with Crippen molar-refractivity contribution in [2.75, 3.05) is 18.0 Å². The Morgan fingerprint density at radius 1 is 1.05 bits per heavy atom. The summed E-state index contributed by atoms with van der Waals surface area (Å²) < 4.78 is 0. The first kappa shape index (κ1) is 14.2. The second-order valence-electron chi connectivity index (χ2n) is 5.47. The summed E-state index contributed by atoms with van der Waals surface area (Å²) in [7, 11) is 0. The van der Waals surface area contributed by atoms with Crippen LogP contribution in [0.2, 0.25) is 5.02 Å². The number of aryl methyl sites for hydroxylation is 1. The zero-order valence-electron chi connectivity index (χ0n) is 12.2. The van der Waals surface area contributed by atoms with Gasteiger partial charge in [0.05, 0.1) is 5.69 Å². The molecule has 108 valence electrons. The molecule has 21 heavy (non-hydrogen) atoms. The molecule has 2 aromatic rings. The highest BCUT2D eigenvalue weighted by Crippen LogP contribution is 2.25. The summed E-state index contributed by atoms with van der Waals surface area (Å²) in [5, 5.41) is 0.736. The van der Waals surface area contributed by atoms with E-state index in [0.717, 1.165) is 16.3 Å². The summed E-state index contributed by atoms with van der Waals surface area (Å²) in [5.41, 5.74) is 4.72. The molecular weight excluding hydrogens is 280 g/mol. The minimum absolute atomic E-state index is 0.736. The first-order valence-electron chi connectivity index (χ1n) is 7.37. The number of benzene rings is 2. The lowest BCUT2D eigenvalue weighted by atomic mass is 10.1. The summed E-state index contributed by atoms with van der Waals surface area (Å²) in [6.07, 6.45) is 4.52. The highest BCUT2D eigenvalue weighted by Gasteiger charge is 2.13. The standard InChI is InChI=1S/C18H19ClN2/c1-14-12-15(4-9-18(14)21-10-2-3-11-21)13-20-17-7-5-16(19)6-8-17/h4-9,12-13H,2-3,10-11H2,1H3. The fraction of sp³-hybridized carbons (Fsp3) is 0.278. The SMILES string of the molecule is Cc1cc(C=Nc2ccc(Cl)cc2)ccc1N1CCCC1. The van der Waals surface area contributed by atoms with Crippen LogP contribution in [0.15, 0.2) is 47.5 Å². The lowest BCUT2D eigenvalue weighted by Crippen LogP contribution is -2.18. The maximum Gasteiger partial charge on any atom is 0.0630 e. The van der Waals surface area contributed by atoms with Gasteiger partial charge in [-0.05, 0) is 67.3 Å². The van der Waals surface area contributed by atoms with Crippen molar-refractivity contribution in [3.63, 3.8) is 0 Å². The van der Waals surface area contributed by atoms with E-state index in [9.17, 15) is 0 Å². The normalized spacial score (nSPS) is 15.0. The van der Waals surface area contributed by atoms with E-state index in [-0.39, 0.29) is 0 Å². The third-order valence-corrected chi connectivity index (χ3v) is 4.11. The Bertz CT molecular complexity index is 641. The minimum Gasteiger partial charge on any atom is -0.371 e. The maximum absolute atomic E-state index is 5.87. The second-order valence-corrected chi connectivity index (χ2v) is 5.91. The van der Waals surface area contributed by atoms with E-state index >= 15 is 0 Å². The smallest absolute Gasteiger partial charge is 0.0630 e. The number of nitrogens with zero attached hydrogens (tertiary/aromatic N) is 2. The Morgan fingerprint density at radius 3 is 2.43 bits per heavy atom. The summed E-state index contributed by atoms with van der Waals surface area (Å²) in [4.78, 5) is 6.96. The molecule has 0 atom stereocenters. The average molecular weight is 299 g/mol. The van der Waals surface area contributed by atoms with Crippen LogP contribution < -0.4 is 4.90 Å². The summed E-state index contributed by atoms with van der Waals surface area (Å²) in [6, 6.07) is 14.1. The highest BCUT2D eigenvalue weighted by molar-refractivity contribution is 6.30. The molecule has 0 radical (unpaired) electrons. The molecule has 0 N–H and O–H groups in total. The van der Waals surface area contributed by atoms with Gasteiger partial charge in [0, 0.05) is 30.0 Å². The van der Waals surface area contributed by atoms with E-state index < -0.39 is 0 Å². The predicted molar refractivity (Wildman–Crippen MR) is 91.3 cm³/mol. The monoisotopic (exact) mass is 298 g/mol. The zero-order chi connectivity index (χ0) is 14.7. The topological polar surface area (TPSA) is 15.6 Å². The zero-order valence-corrected chi connectivity index (χ0v) is 13.0. The van der Waals surface area contributed by atoms with Gasteiger partial charge in [-0.1, -0.05) is 17.7 Å². The van der Waals surface area contributed by atoms with E-state index in [0.29, 0.717) is 0 Å². The fourth-order valence-corrected chi connectivity index (χ4v) is 2.87. The van der Waals surface area contributed by atoms with Crippen LogP contribution in [0.4, 0.5) is 11.4 Å². The van der Waals surface area contributed by atoms with Crippen LogP contribution in [0.5, 0.6) is 0 Å². The molecule has 1 fully saturated rings. The van der Waals surface area contributed by atoms with Crippen molar-refractivity contribution in [1.29, 1.82) is 0 Å². The molecule has 0 spiro atoms. The van der Waals surface area contributed by atoms with E-state index in [4.69, 9.17) is 11.6 Å². The third-order valence-electron chi connectivity index (χ3n) is 3.86. The molecule has 1 aliphatic rings. The van der Waals surface area contributed by atoms with E-state index in [1.807, 2.05) is 30.5 Å². The van der Waals surface area contributed by atoms with Gasteiger partial charge in [0.2, 0.25) is 0 Å². The van der Waals surface area contributed by atoms with Crippen molar-refractivity contribution in [2.24, 2.45) is 4.99 Å². The van der Waals surface area contributed by atoms with Gasteiger partial charge >= 0.3 is 0 Å². The molecule has 0 aliphatic carbocycles. The Morgan fingerprint density at radius 2 is 1.76 bits per heavy atom. The average Bonchev–Trinajstić information content (AvgIpc) is 3.01. The molecule has 2 nitrogen and oxygen atoms in total. The van der Waals surface area contributed by atoms with Crippen molar-refractivity contribution < 1.29 is 0 Å². The molecule has 3 rings (SSSR count). The van der Waals surface area contributed by atoms with Crippen molar-refractivity contribution >= 4 is 29.2 Å². The van der Waals surface area contributed by atoms with Crippen LogP contribution in [0.25, 0.3) is 0 Å². The molecule has 0 bridgehead atoms. The summed E-state index contributed by atoms with van der Waals surface area (Å²) in [5.74, 6) is 0. The molecule has 1 saturated heterocycles. The number of hydrogen-bond acceptors (Lipinski definition) is 2. The van der Waals surface area contributed by atoms with Crippen LogP contribution >= 0.6 is 11.6 Å². The van der Waals surface area contributed by atoms with Crippen LogP contribution in [0, 0.1) is 6.92 Å². The van der Waals surface area contributed by atoms with Gasteiger partial charge in [0.1, 0.15) is 0 Å². The molecule has 0 amide bonds. The van der Waals surface area contributed by atoms with Crippen molar-refractivity contribution in [2.45, 2.75) is 19.8 Å². The van der Waals surface area contributed by atoms with Gasteiger partial charge in [0.15, 0.2) is 0 Å². The van der Waals surface area contributed by atoms with Gasteiger partial charge in [-0.25, -0.2) is 0 Å². The Hall–Kier alpha value is -1.80. The van der Waals surface area contributed by atoms with E-state index in [2.05, 4.69) is 35.0 Å². The third kappa shape index (κ3) is 3.45. The molecule has 0 aromatic heterocycles. The lowest BCUT2D eigenvalue weighted by Gasteiger charge is -2.20. The minimum atomic E-state index is 0.736. The molecule has 3 heteroatoms. The molecule has 0 saturated carbocycles. The largest absolute Gasteiger partial charge is 0.371 e. The quantitative estimate of drug-likeness (QED) is 0.728. The molecule has 0 unspecified atom stereocenters. The van der Waals surface area contributed by atoms with Gasteiger partial charge in [-0.2, -0.15) is 0 Å². The van der Waals surface area contributed by atoms with Crippen molar-refractivity contribution in [3.05, 3.63) is 58.6 Å². The van der Waals surface area contributed by atoms with Crippen LogP contribution in [0.1, 0.15) is 24.0 Å². The van der Waals surface area contributed by atoms with Crippen molar-refractivity contribution in [1.82, 2.24) is 0 Å². The van der Waals surface area contributed by atoms with E-state index in [1.165, 1.54) is 37.2 Å². The molecule has 2 aromatic carbocycles. The van der Waals surface area contributed by atoms with Crippen LogP contribution in [-0.4, -0.2) is 19.3 Å². The highest BCUT2D eigenvalue weighted by atomic mass is 35.5.